The van der Waals surface area contributed by atoms with E-state index >= 15 is 0 Å². The van der Waals surface area contributed by atoms with Gasteiger partial charge in [0.05, 0.1) is 6.54 Å². The van der Waals surface area contributed by atoms with Crippen LogP contribution in [-0.4, -0.2) is 71.1 Å². The van der Waals surface area contributed by atoms with Gasteiger partial charge in [0.1, 0.15) is 23.9 Å². The number of aliphatic carboxylic acids is 1. The zero-order valence-corrected chi connectivity index (χ0v) is 18.3. The summed E-state index contributed by atoms with van der Waals surface area (Å²) < 4.78 is 0. The molecule has 33 heavy (non-hydrogen) atoms. The number of phenols is 1. The van der Waals surface area contributed by atoms with Gasteiger partial charge in [-0.25, -0.2) is 0 Å². The number of phenolic OH excluding ortho intramolecular Hbond substituents is 1. The number of nitrogens with one attached hydrogen (secondary N) is 3. The third kappa shape index (κ3) is 10.3. The van der Waals surface area contributed by atoms with Crippen LogP contribution in [0.3, 0.4) is 0 Å². The minimum Gasteiger partial charge on any atom is -0.508 e. The van der Waals surface area contributed by atoms with Crippen LogP contribution in [0.5, 0.6) is 5.75 Å². The van der Waals surface area contributed by atoms with Gasteiger partial charge in [0.2, 0.25) is 17.7 Å². The second kappa shape index (κ2) is 13.5. The third-order valence-corrected chi connectivity index (χ3v) is 4.52. The van der Waals surface area contributed by atoms with E-state index in [0.717, 1.165) is 0 Å². The highest BCUT2D eigenvalue weighted by Crippen LogP contribution is 2.12. The Morgan fingerprint density at radius 1 is 1.00 bits per heavy atom. The molecule has 11 N–H and O–H groups in total. The molecule has 0 aromatic heterocycles. The summed E-state index contributed by atoms with van der Waals surface area (Å²) in [6.07, 6.45) is 0.523. The fourth-order valence-corrected chi connectivity index (χ4v) is 2.75. The summed E-state index contributed by atoms with van der Waals surface area (Å²) in [7, 11) is 0. The van der Waals surface area contributed by atoms with Crippen molar-refractivity contribution < 1.29 is 29.4 Å². The molecule has 13 heteroatoms. The monoisotopic (exact) mass is 465 g/mol. The summed E-state index contributed by atoms with van der Waals surface area (Å²) in [6, 6.07) is 2.58. The third-order valence-electron chi connectivity index (χ3n) is 4.52. The Morgan fingerprint density at radius 3 is 2.15 bits per heavy atom. The first-order valence-corrected chi connectivity index (χ1v) is 10.2. The topological polar surface area (TPSA) is 235 Å². The van der Waals surface area contributed by atoms with E-state index in [2.05, 4.69) is 20.9 Å². The average Bonchev–Trinajstić information content (AvgIpc) is 2.76. The number of aliphatic imine (C=N–C) groups is 1. The molecule has 13 nitrogen and oxygen atoms in total. The highest BCUT2D eigenvalue weighted by Gasteiger charge is 2.28. The van der Waals surface area contributed by atoms with E-state index in [1.807, 2.05) is 0 Å². The smallest absolute Gasteiger partial charge is 0.325 e. The summed E-state index contributed by atoms with van der Waals surface area (Å²) >= 11 is 0. The molecule has 1 aromatic rings. The second-order valence-electron chi connectivity index (χ2n) is 7.27. The number of nitrogens with two attached hydrogens (primary N) is 3. The van der Waals surface area contributed by atoms with Crippen molar-refractivity contribution in [2.24, 2.45) is 22.2 Å². The van der Waals surface area contributed by atoms with Gasteiger partial charge in [0, 0.05) is 13.0 Å². The number of hydrogen-bond acceptors (Lipinski definition) is 7. The SMILES string of the molecule is CC(NC(=O)C(Cc1ccc(O)cc1)NC(=O)C(CCCN=C(N)N)NC(=O)CN)C(=O)O. The highest BCUT2D eigenvalue weighted by atomic mass is 16.4. The molecule has 0 radical (unpaired) electrons. The molecule has 182 valence electrons. The molecule has 0 spiro atoms. The number of carbonyl (C=O) groups is 4. The van der Waals surface area contributed by atoms with E-state index in [1.165, 1.54) is 19.1 Å². The van der Waals surface area contributed by atoms with Crippen LogP contribution < -0.4 is 33.2 Å². The maximum atomic E-state index is 12.9. The van der Waals surface area contributed by atoms with Crippen molar-refractivity contribution in [2.75, 3.05) is 13.1 Å². The van der Waals surface area contributed by atoms with Crippen LogP contribution >= 0.6 is 0 Å². The highest BCUT2D eigenvalue weighted by molar-refractivity contribution is 5.93. The Labute approximate surface area is 190 Å². The largest absolute Gasteiger partial charge is 0.508 e. The standard InChI is InChI=1S/C20H31N7O6/c1-11(19(32)33)25-18(31)15(9-12-4-6-13(28)7-5-12)27-17(30)14(26-16(29)10-21)3-2-8-24-20(22)23/h4-7,11,14-15,28H,2-3,8-10,21H2,1H3,(H,25,31)(H,26,29)(H,27,30)(H,32,33)(H4,22,23,24). The average molecular weight is 466 g/mol. The van der Waals surface area contributed by atoms with Crippen molar-refractivity contribution in [3.8, 4) is 5.75 Å². The lowest BCUT2D eigenvalue weighted by Crippen LogP contribution is -2.56. The van der Waals surface area contributed by atoms with Crippen LogP contribution in [0.25, 0.3) is 0 Å². The molecule has 0 aliphatic heterocycles. The van der Waals surface area contributed by atoms with Crippen LogP contribution in [0.4, 0.5) is 0 Å². The zero-order valence-electron chi connectivity index (χ0n) is 18.3. The van der Waals surface area contributed by atoms with Crippen LogP contribution in [0.2, 0.25) is 0 Å². The fraction of sp³-hybridized carbons (Fsp3) is 0.450. The number of hydrogen-bond donors (Lipinski definition) is 8. The predicted octanol–water partition coefficient (Wildman–Crippen LogP) is -2.49. The summed E-state index contributed by atoms with van der Waals surface area (Å²) in [5.41, 5.74) is 16.5. The first kappa shape index (κ1) is 27.2. The number of nitrogens with zero attached hydrogens (tertiary/aromatic N) is 1. The van der Waals surface area contributed by atoms with E-state index in [4.69, 9.17) is 22.3 Å². The van der Waals surface area contributed by atoms with Crippen molar-refractivity contribution in [3.05, 3.63) is 29.8 Å². The first-order chi connectivity index (χ1) is 15.5. The van der Waals surface area contributed by atoms with E-state index in [0.29, 0.717) is 12.0 Å². The second-order valence-corrected chi connectivity index (χ2v) is 7.27. The van der Waals surface area contributed by atoms with Gasteiger partial charge in [-0.15, -0.1) is 0 Å². The summed E-state index contributed by atoms with van der Waals surface area (Å²) in [6.45, 7) is 1.16. The molecule has 3 amide bonds. The number of benzene rings is 1. The lowest BCUT2D eigenvalue weighted by Gasteiger charge is -2.24. The van der Waals surface area contributed by atoms with Crippen LogP contribution in [0.1, 0.15) is 25.3 Å². The Bertz CT molecular complexity index is 855. The minimum atomic E-state index is -1.24. The molecule has 0 aliphatic rings. The van der Waals surface area contributed by atoms with E-state index in [-0.39, 0.29) is 37.6 Å². The molecular weight excluding hydrogens is 434 g/mol. The predicted molar refractivity (Wildman–Crippen MR) is 120 cm³/mol. The van der Waals surface area contributed by atoms with Crippen molar-refractivity contribution in [1.82, 2.24) is 16.0 Å². The molecule has 0 fully saturated rings. The molecule has 0 saturated heterocycles. The number of rotatable bonds is 13. The lowest BCUT2D eigenvalue weighted by molar-refractivity contribution is -0.141. The van der Waals surface area contributed by atoms with Crippen molar-refractivity contribution >= 4 is 29.7 Å². The number of carboxylic acids is 1. The van der Waals surface area contributed by atoms with Crippen LogP contribution in [-0.2, 0) is 25.6 Å². The van der Waals surface area contributed by atoms with Crippen molar-refractivity contribution in [3.63, 3.8) is 0 Å². The van der Waals surface area contributed by atoms with Gasteiger partial charge in [0.25, 0.3) is 0 Å². The van der Waals surface area contributed by atoms with Crippen molar-refractivity contribution in [1.29, 1.82) is 0 Å². The molecule has 3 atom stereocenters. The van der Waals surface area contributed by atoms with Gasteiger partial charge in [-0.3, -0.25) is 24.2 Å². The molecule has 1 aromatic carbocycles. The normalized spacial score (nSPS) is 13.2. The van der Waals surface area contributed by atoms with Crippen LogP contribution in [0, 0.1) is 0 Å². The Balaban J connectivity index is 3.01. The Kier molecular flexibility index (Phi) is 11.1. The fourth-order valence-electron chi connectivity index (χ4n) is 2.75. The van der Waals surface area contributed by atoms with Crippen molar-refractivity contribution in [2.45, 2.75) is 44.3 Å². The molecule has 1 rings (SSSR count). The molecule has 0 saturated carbocycles. The number of aromatic hydroxyl groups is 1. The number of carbonyl (C=O) groups excluding carboxylic acids is 3. The maximum absolute atomic E-state index is 12.9. The molecular formula is C20H31N7O6. The van der Waals surface area contributed by atoms with Gasteiger partial charge in [0.15, 0.2) is 5.96 Å². The van der Waals surface area contributed by atoms with E-state index in [1.54, 1.807) is 12.1 Å². The van der Waals surface area contributed by atoms with Crippen LogP contribution in [0.15, 0.2) is 29.3 Å². The van der Waals surface area contributed by atoms with Gasteiger partial charge < -0.3 is 43.4 Å². The van der Waals surface area contributed by atoms with Gasteiger partial charge in [-0.1, -0.05) is 12.1 Å². The number of amides is 3. The zero-order chi connectivity index (χ0) is 25.0. The number of guanidine groups is 1. The van der Waals surface area contributed by atoms with Gasteiger partial charge >= 0.3 is 5.97 Å². The summed E-state index contributed by atoms with van der Waals surface area (Å²) in [5, 5.41) is 25.9. The van der Waals surface area contributed by atoms with Gasteiger partial charge in [-0.2, -0.15) is 0 Å². The Morgan fingerprint density at radius 2 is 1.61 bits per heavy atom. The summed E-state index contributed by atoms with van der Waals surface area (Å²) in [4.78, 5) is 52.3. The maximum Gasteiger partial charge on any atom is 0.325 e. The summed E-state index contributed by atoms with van der Waals surface area (Å²) in [5.74, 6) is -3.30. The Hall–Kier alpha value is -3.87. The minimum absolute atomic E-state index is 0.00967. The molecule has 0 bridgehead atoms. The molecule has 0 heterocycles. The molecule has 3 unspecified atom stereocenters. The quantitative estimate of drug-likeness (QED) is 0.0872. The number of carboxylic acid groups (broad SMARTS) is 1. The first-order valence-electron chi connectivity index (χ1n) is 10.2. The van der Waals surface area contributed by atoms with E-state index in [9.17, 15) is 24.3 Å². The van der Waals surface area contributed by atoms with E-state index < -0.39 is 41.8 Å². The van der Waals surface area contributed by atoms with Gasteiger partial charge in [-0.05, 0) is 37.5 Å². The lowest BCUT2D eigenvalue weighted by atomic mass is 10.0. The molecule has 0 aliphatic carbocycles.